The highest BCUT2D eigenvalue weighted by atomic mass is 14.3. The highest BCUT2D eigenvalue weighted by Gasteiger charge is 2.27. The Morgan fingerprint density at radius 1 is 1.07 bits per heavy atom. The van der Waals surface area contributed by atoms with Crippen LogP contribution in [0.5, 0.6) is 0 Å². The van der Waals surface area contributed by atoms with Gasteiger partial charge in [0.2, 0.25) is 0 Å². The van der Waals surface area contributed by atoms with Gasteiger partial charge in [-0.2, -0.15) is 0 Å². The molecule has 0 saturated heterocycles. The van der Waals surface area contributed by atoms with Crippen molar-refractivity contribution in [3.8, 4) is 0 Å². The molecule has 0 aromatic rings. The van der Waals surface area contributed by atoms with Crippen molar-refractivity contribution in [3.05, 3.63) is 0 Å². The van der Waals surface area contributed by atoms with Crippen LogP contribution in [-0.4, -0.2) is 0 Å². The van der Waals surface area contributed by atoms with E-state index in [1.807, 2.05) is 0 Å². The van der Waals surface area contributed by atoms with Crippen LogP contribution in [-0.2, 0) is 0 Å². The second kappa shape index (κ2) is 6.55. The van der Waals surface area contributed by atoms with Crippen LogP contribution in [0.2, 0.25) is 0 Å². The van der Waals surface area contributed by atoms with E-state index in [0.717, 1.165) is 23.7 Å². The standard InChI is InChI=1S/C15H30/c1-5-6-7-8-13(3)14(4)11-15-9-12(2)10-15/h12-15H,5-11H2,1-4H3. The fourth-order valence-corrected chi connectivity index (χ4v) is 3.02. The fourth-order valence-electron chi connectivity index (χ4n) is 3.02. The molecular weight excluding hydrogens is 180 g/mol. The van der Waals surface area contributed by atoms with Crippen LogP contribution in [0.3, 0.4) is 0 Å². The quantitative estimate of drug-likeness (QED) is 0.502. The zero-order valence-corrected chi connectivity index (χ0v) is 11.3. The first kappa shape index (κ1) is 13.1. The van der Waals surface area contributed by atoms with E-state index >= 15 is 0 Å². The molecule has 0 spiro atoms. The Morgan fingerprint density at radius 3 is 2.27 bits per heavy atom. The van der Waals surface area contributed by atoms with Crippen molar-refractivity contribution in [3.63, 3.8) is 0 Å². The summed E-state index contributed by atoms with van der Waals surface area (Å²) in [5, 5.41) is 0. The molecule has 0 heteroatoms. The van der Waals surface area contributed by atoms with E-state index in [9.17, 15) is 0 Å². The normalized spacial score (nSPS) is 29.6. The van der Waals surface area contributed by atoms with Gasteiger partial charge in [-0.3, -0.25) is 0 Å². The van der Waals surface area contributed by atoms with Gasteiger partial charge in [-0.15, -0.1) is 0 Å². The van der Waals surface area contributed by atoms with Crippen LogP contribution in [0.1, 0.15) is 72.6 Å². The first-order valence-electron chi connectivity index (χ1n) is 7.13. The van der Waals surface area contributed by atoms with Gasteiger partial charge < -0.3 is 0 Å². The molecule has 1 aliphatic rings. The molecule has 1 fully saturated rings. The lowest BCUT2D eigenvalue weighted by Gasteiger charge is -2.36. The van der Waals surface area contributed by atoms with Crippen molar-refractivity contribution in [2.24, 2.45) is 23.7 Å². The summed E-state index contributed by atoms with van der Waals surface area (Å²) >= 11 is 0. The van der Waals surface area contributed by atoms with Crippen molar-refractivity contribution < 1.29 is 0 Å². The third-order valence-electron chi connectivity index (χ3n) is 4.41. The molecule has 2 atom stereocenters. The van der Waals surface area contributed by atoms with E-state index in [0.29, 0.717) is 0 Å². The monoisotopic (exact) mass is 210 g/mol. The van der Waals surface area contributed by atoms with Crippen molar-refractivity contribution in [1.29, 1.82) is 0 Å². The minimum atomic E-state index is 0.951. The summed E-state index contributed by atoms with van der Waals surface area (Å²) < 4.78 is 0. The maximum absolute atomic E-state index is 2.47. The summed E-state index contributed by atoms with van der Waals surface area (Å²) in [7, 11) is 0. The Bertz CT molecular complexity index is 155. The second-order valence-corrected chi connectivity index (χ2v) is 6.13. The maximum Gasteiger partial charge on any atom is -0.0407 e. The molecule has 0 N–H and O–H groups in total. The molecule has 1 saturated carbocycles. The Morgan fingerprint density at radius 2 is 1.73 bits per heavy atom. The lowest BCUT2D eigenvalue weighted by molar-refractivity contribution is 0.156. The van der Waals surface area contributed by atoms with E-state index in [-0.39, 0.29) is 0 Å². The lowest BCUT2D eigenvalue weighted by Crippen LogP contribution is -2.24. The average Bonchev–Trinajstić information content (AvgIpc) is 2.15. The molecule has 0 aromatic carbocycles. The molecular formula is C15H30. The van der Waals surface area contributed by atoms with Crippen LogP contribution >= 0.6 is 0 Å². The van der Waals surface area contributed by atoms with Crippen molar-refractivity contribution in [2.75, 3.05) is 0 Å². The SMILES string of the molecule is CCCCCC(C)C(C)CC1CC(C)C1. The van der Waals surface area contributed by atoms with Gasteiger partial charge in [0, 0.05) is 0 Å². The topological polar surface area (TPSA) is 0 Å². The van der Waals surface area contributed by atoms with Gasteiger partial charge in [0.05, 0.1) is 0 Å². The molecule has 15 heavy (non-hydrogen) atoms. The summed E-state index contributed by atoms with van der Waals surface area (Å²) in [6.07, 6.45) is 10.2. The van der Waals surface area contributed by atoms with Gasteiger partial charge in [-0.05, 0) is 42.9 Å². The number of unbranched alkanes of at least 4 members (excludes halogenated alkanes) is 2. The van der Waals surface area contributed by atoms with Gasteiger partial charge >= 0.3 is 0 Å². The average molecular weight is 210 g/mol. The smallest absolute Gasteiger partial charge is 0.0407 e. The van der Waals surface area contributed by atoms with Crippen molar-refractivity contribution in [2.45, 2.75) is 72.6 Å². The molecule has 1 rings (SSSR count). The van der Waals surface area contributed by atoms with E-state index in [1.54, 1.807) is 0 Å². The van der Waals surface area contributed by atoms with Gasteiger partial charge in [0.1, 0.15) is 0 Å². The molecule has 0 aliphatic heterocycles. The maximum atomic E-state index is 2.47. The summed E-state index contributed by atoms with van der Waals surface area (Å²) in [5.41, 5.74) is 0. The zero-order valence-electron chi connectivity index (χ0n) is 11.3. The summed E-state index contributed by atoms with van der Waals surface area (Å²) in [5.74, 6) is 4.01. The molecule has 90 valence electrons. The van der Waals surface area contributed by atoms with Crippen LogP contribution in [0.4, 0.5) is 0 Å². The Balaban J connectivity index is 2.07. The minimum absolute atomic E-state index is 0.951. The minimum Gasteiger partial charge on any atom is -0.0654 e. The third kappa shape index (κ3) is 4.57. The highest BCUT2D eigenvalue weighted by molar-refractivity contribution is 4.79. The predicted octanol–water partition coefficient (Wildman–Crippen LogP) is 5.28. The Kier molecular flexibility index (Phi) is 5.71. The van der Waals surface area contributed by atoms with E-state index < -0.39 is 0 Å². The Hall–Kier alpha value is 0. The van der Waals surface area contributed by atoms with Crippen molar-refractivity contribution in [1.82, 2.24) is 0 Å². The third-order valence-corrected chi connectivity index (χ3v) is 4.41. The number of hydrogen-bond donors (Lipinski definition) is 0. The van der Waals surface area contributed by atoms with Crippen LogP contribution in [0, 0.1) is 23.7 Å². The summed E-state index contributed by atoms with van der Waals surface area (Å²) in [4.78, 5) is 0. The molecule has 1 aliphatic carbocycles. The largest absolute Gasteiger partial charge is 0.0654 e. The summed E-state index contributed by atoms with van der Waals surface area (Å²) in [6.45, 7) is 9.62. The first-order chi connectivity index (χ1) is 7.13. The van der Waals surface area contributed by atoms with Gasteiger partial charge in [-0.1, -0.05) is 53.4 Å². The molecule has 0 bridgehead atoms. The zero-order chi connectivity index (χ0) is 11.3. The molecule has 0 aromatic heterocycles. The number of rotatable bonds is 7. The number of hydrogen-bond acceptors (Lipinski definition) is 0. The van der Waals surface area contributed by atoms with E-state index in [1.165, 1.54) is 44.9 Å². The van der Waals surface area contributed by atoms with Crippen molar-refractivity contribution >= 4 is 0 Å². The molecule has 0 radical (unpaired) electrons. The lowest BCUT2D eigenvalue weighted by atomic mass is 9.70. The fraction of sp³-hybridized carbons (Fsp3) is 1.00. The molecule has 0 heterocycles. The van der Waals surface area contributed by atoms with Crippen LogP contribution in [0.15, 0.2) is 0 Å². The van der Waals surface area contributed by atoms with E-state index in [4.69, 9.17) is 0 Å². The first-order valence-corrected chi connectivity index (χ1v) is 7.13. The van der Waals surface area contributed by atoms with Gasteiger partial charge in [-0.25, -0.2) is 0 Å². The van der Waals surface area contributed by atoms with Crippen LogP contribution < -0.4 is 0 Å². The highest BCUT2D eigenvalue weighted by Crippen LogP contribution is 2.39. The van der Waals surface area contributed by atoms with Crippen LogP contribution in [0.25, 0.3) is 0 Å². The molecule has 0 amide bonds. The van der Waals surface area contributed by atoms with Gasteiger partial charge in [0.15, 0.2) is 0 Å². The molecule has 2 unspecified atom stereocenters. The van der Waals surface area contributed by atoms with E-state index in [2.05, 4.69) is 27.7 Å². The molecule has 0 nitrogen and oxygen atoms in total. The predicted molar refractivity (Wildman–Crippen MR) is 69.0 cm³/mol. The Labute approximate surface area is 96.8 Å². The van der Waals surface area contributed by atoms with Gasteiger partial charge in [0.25, 0.3) is 0 Å². The second-order valence-electron chi connectivity index (χ2n) is 6.13. The summed E-state index contributed by atoms with van der Waals surface area (Å²) in [6, 6.07) is 0.